The molecule has 0 aromatic heterocycles. The Morgan fingerprint density at radius 3 is 2.64 bits per heavy atom. The Kier molecular flexibility index (Phi) is 11.0. The van der Waals surface area contributed by atoms with Gasteiger partial charge in [0.2, 0.25) is 0 Å². The van der Waals surface area contributed by atoms with Crippen molar-refractivity contribution in [2.45, 2.75) is 83.7 Å². The molecule has 1 aliphatic rings. The van der Waals surface area contributed by atoms with Crippen molar-refractivity contribution in [2.75, 3.05) is 11.5 Å². The number of unbranched alkanes of at least 4 members (excludes halogenated alkanes) is 5. The standard InChI is InChI=1S/C18H33FO2S/c1-2-3-4-5-6-7-8-15-13-16(15)14-17(19)9-11-22-12-10-18(20)21/h15-17H,2-14H2,1H3,(H,20,21). The monoisotopic (exact) mass is 332 g/mol. The summed E-state index contributed by atoms with van der Waals surface area (Å²) in [6, 6.07) is 0. The van der Waals surface area contributed by atoms with E-state index in [0.717, 1.165) is 18.1 Å². The smallest absolute Gasteiger partial charge is 0.304 e. The summed E-state index contributed by atoms with van der Waals surface area (Å²) in [5.41, 5.74) is 0. The van der Waals surface area contributed by atoms with Crippen molar-refractivity contribution in [2.24, 2.45) is 11.8 Å². The summed E-state index contributed by atoms with van der Waals surface area (Å²) in [5, 5.41) is 8.52. The molecule has 1 saturated carbocycles. The van der Waals surface area contributed by atoms with Gasteiger partial charge >= 0.3 is 5.97 Å². The Balaban J connectivity index is 1.88. The van der Waals surface area contributed by atoms with Crippen molar-refractivity contribution in [3.63, 3.8) is 0 Å². The third-order valence-corrected chi connectivity index (χ3v) is 5.61. The summed E-state index contributed by atoms with van der Waals surface area (Å²) in [6.45, 7) is 2.24. The number of halogens is 1. The summed E-state index contributed by atoms with van der Waals surface area (Å²) in [6.07, 6.45) is 11.4. The first-order valence-electron chi connectivity index (χ1n) is 9.07. The van der Waals surface area contributed by atoms with Crippen LogP contribution in [0.3, 0.4) is 0 Å². The van der Waals surface area contributed by atoms with Gasteiger partial charge in [0.15, 0.2) is 0 Å². The molecule has 0 spiro atoms. The van der Waals surface area contributed by atoms with Gasteiger partial charge in [0.1, 0.15) is 6.17 Å². The third kappa shape index (κ3) is 10.5. The maximum absolute atomic E-state index is 13.9. The number of alkyl halides is 1. The second-order valence-electron chi connectivity index (χ2n) is 6.69. The van der Waals surface area contributed by atoms with Crippen LogP contribution < -0.4 is 0 Å². The van der Waals surface area contributed by atoms with Gasteiger partial charge in [0.25, 0.3) is 0 Å². The Morgan fingerprint density at radius 2 is 1.91 bits per heavy atom. The molecule has 0 heterocycles. The number of carbonyl (C=O) groups is 1. The van der Waals surface area contributed by atoms with Gasteiger partial charge in [-0.15, -0.1) is 0 Å². The topological polar surface area (TPSA) is 37.3 Å². The van der Waals surface area contributed by atoms with Crippen LogP contribution in [0.4, 0.5) is 4.39 Å². The molecule has 1 fully saturated rings. The molecular weight excluding hydrogens is 299 g/mol. The summed E-state index contributed by atoms with van der Waals surface area (Å²) >= 11 is 1.56. The predicted molar refractivity (Wildman–Crippen MR) is 93.3 cm³/mol. The summed E-state index contributed by atoms with van der Waals surface area (Å²) in [4.78, 5) is 10.4. The van der Waals surface area contributed by atoms with Crippen LogP contribution in [0.25, 0.3) is 0 Å². The van der Waals surface area contributed by atoms with Crippen molar-refractivity contribution < 1.29 is 14.3 Å². The molecule has 130 valence electrons. The van der Waals surface area contributed by atoms with E-state index in [1.807, 2.05) is 0 Å². The molecule has 1 aliphatic carbocycles. The molecule has 2 nitrogen and oxygen atoms in total. The molecular formula is C18H33FO2S. The van der Waals surface area contributed by atoms with E-state index >= 15 is 0 Å². The number of aliphatic carboxylic acids is 1. The van der Waals surface area contributed by atoms with E-state index in [0.29, 0.717) is 18.1 Å². The molecule has 0 aromatic rings. The zero-order valence-electron chi connectivity index (χ0n) is 14.1. The summed E-state index contributed by atoms with van der Waals surface area (Å²) < 4.78 is 13.9. The lowest BCUT2D eigenvalue weighted by molar-refractivity contribution is -0.136. The minimum Gasteiger partial charge on any atom is -0.481 e. The fourth-order valence-corrected chi connectivity index (χ4v) is 4.00. The van der Waals surface area contributed by atoms with E-state index in [1.165, 1.54) is 51.4 Å². The van der Waals surface area contributed by atoms with Gasteiger partial charge in [-0.3, -0.25) is 4.79 Å². The normalized spacial score (nSPS) is 21.7. The molecule has 4 heteroatoms. The van der Waals surface area contributed by atoms with E-state index in [4.69, 9.17) is 5.11 Å². The first-order chi connectivity index (χ1) is 10.6. The van der Waals surface area contributed by atoms with Crippen LogP contribution >= 0.6 is 11.8 Å². The van der Waals surface area contributed by atoms with E-state index in [-0.39, 0.29) is 6.42 Å². The summed E-state index contributed by atoms with van der Waals surface area (Å²) in [5.74, 6) is 2.02. The van der Waals surface area contributed by atoms with E-state index in [2.05, 4.69) is 6.92 Å². The zero-order valence-corrected chi connectivity index (χ0v) is 14.9. The third-order valence-electron chi connectivity index (χ3n) is 4.59. The number of carboxylic acids is 1. The molecule has 0 aromatic carbocycles. The number of hydrogen-bond acceptors (Lipinski definition) is 2. The van der Waals surface area contributed by atoms with Crippen molar-refractivity contribution >= 4 is 17.7 Å². The Morgan fingerprint density at radius 1 is 1.18 bits per heavy atom. The number of rotatable bonds is 15. The lowest BCUT2D eigenvalue weighted by Gasteiger charge is -2.07. The number of carboxylic acid groups (broad SMARTS) is 1. The second kappa shape index (κ2) is 12.2. The highest BCUT2D eigenvalue weighted by atomic mass is 32.2. The predicted octanol–water partition coefficient (Wildman–Crippen LogP) is 5.70. The van der Waals surface area contributed by atoms with Crippen molar-refractivity contribution in [1.82, 2.24) is 0 Å². The van der Waals surface area contributed by atoms with Crippen LogP contribution in [0, 0.1) is 11.8 Å². The fraction of sp³-hybridized carbons (Fsp3) is 0.944. The minimum absolute atomic E-state index is 0.185. The molecule has 0 radical (unpaired) electrons. The molecule has 0 aliphatic heterocycles. The van der Waals surface area contributed by atoms with Gasteiger partial charge < -0.3 is 5.11 Å². The second-order valence-corrected chi connectivity index (χ2v) is 7.91. The largest absolute Gasteiger partial charge is 0.481 e. The molecule has 3 atom stereocenters. The Bertz CT molecular complexity index is 299. The van der Waals surface area contributed by atoms with Crippen LogP contribution in [0.5, 0.6) is 0 Å². The highest BCUT2D eigenvalue weighted by molar-refractivity contribution is 7.99. The van der Waals surface area contributed by atoms with Gasteiger partial charge in [-0.25, -0.2) is 4.39 Å². The van der Waals surface area contributed by atoms with E-state index in [1.54, 1.807) is 11.8 Å². The van der Waals surface area contributed by atoms with Crippen LogP contribution in [0.1, 0.15) is 77.6 Å². The maximum Gasteiger partial charge on any atom is 0.304 e. The molecule has 1 N–H and O–H groups in total. The summed E-state index contributed by atoms with van der Waals surface area (Å²) in [7, 11) is 0. The lowest BCUT2D eigenvalue weighted by atomic mass is 10.0. The van der Waals surface area contributed by atoms with Gasteiger partial charge in [-0.1, -0.05) is 51.9 Å². The van der Waals surface area contributed by atoms with Gasteiger partial charge in [0, 0.05) is 5.75 Å². The molecule has 3 unspecified atom stereocenters. The first-order valence-corrected chi connectivity index (χ1v) is 10.2. The van der Waals surface area contributed by atoms with E-state index < -0.39 is 12.1 Å². The Hall–Kier alpha value is -0.250. The van der Waals surface area contributed by atoms with Crippen LogP contribution in [-0.4, -0.2) is 28.8 Å². The average Bonchev–Trinajstić information content (AvgIpc) is 3.20. The average molecular weight is 333 g/mol. The van der Waals surface area contributed by atoms with Gasteiger partial charge in [-0.05, 0) is 36.9 Å². The minimum atomic E-state index is -0.764. The SMILES string of the molecule is CCCCCCCCC1CC1CC(F)CCSCCC(=O)O. The fourth-order valence-electron chi connectivity index (χ4n) is 3.06. The van der Waals surface area contributed by atoms with Gasteiger partial charge in [0.05, 0.1) is 6.42 Å². The molecule has 0 amide bonds. The van der Waals surface area contributed by atoms with Crippen molar-refractivity contribution in [3.8, 4) is 0 Å². The van der Waals surface area contributed by atoms with Crippen molar-refractivity contribution in [3.05, 3.63) is 0 Å². The number of hydrogen-bond donors (Lipinski definition) is 1. The molecule has 22 heavy (non-hydrogen) atoms. The van der Waals surface area contributed by atoms with Gasteiger partial charge in [-0.2, -0.15) is 11.8 Å². The quantitative estimate of drug-likeness (QED) is 0.391. The maximum atomic E-state index is 13.9. The number of thioether (sulfide) groups is 1. The van der Waals surface area contributed by atoms with Crippen LogP contribution in [0.15, 0.2) is 0 Å². The van der Waals surface area contributed by atoms with E-state index in [9.17, 15) is 9.18 Å². The van der Waals surface area contributed by atoms with Crippen molar-refractivity contribution in [1.29, 1.82) is 0 Å². The molecule has 0 saturated heterocycles. The highest BCUT2D eigenvalue weighted by Crippen LogP contribution is 2.46. The van der Waals surface area contributed by atoms with Crippen LogP contribution in [-0.2, 0) is 4.79 Å². The Labute approximate surface area is 139 Å². The molecule has 1 rings (SSSR count). The lowest BCUT2D eigenvalue weighted by Crippen LogP contribution is -2.05. The first kappa shape index (κ1) is 19.8. The highest BCUT2D eigenvalue weighted by Gasteiger charge is 2.37. The van der Waals surface area contributed by atoms with Crippen LogP contribution in [0.2, 0.25) is 0 Å². The molecule has 0 bridgehead atoms. The zero-order chi connectivity index (χ0) is 16.2.